The number of hydrogen-bond donors (Lipinski definition) is 4. The highest BCUT2D eigenvalue weighted by atomic mass is 35.5. The summed E-state index contributed by atoms with van der Waals surface area (Å²) in [5.74, 6) is 0.361. The molecule has 3 amide bonds. The van der Waals surface area contributed by atoms with E-state index in [9.17, 15) is 14.7 Å². The van der Waals surface area contributed by atoms with Gasteiger partial charge in [0.05, 0.1) is 32.0 Å². The fraction of sp³-hybridized carbons (Fsp3) is 0.714. The molecule has 1 saturated heterocycles. The van der Waals surface area contributed by atoms with Crippen LogP contribution in [0.3, 0.4) is 0 Å². The van der Waals surface area contributed by atoms with Gasteiger partial charge in [0.2, 0.25) is 0 Å². The third-order valence-corrected chi connectivity index (χ3v) is 6.78. The van der Waals surface area contributed by atoms with E-state index in [-0.39, 0.29) is 29.6 Å². The number of carbonyl (C=O) groups excluding carboxylic acids is 2. The summed E-state index contributed by atoms with van der Waals surface area (Å²) in [4.78, 5) is 26.6. The Bertz CT molecular complexity index is 879. The smallest absolute Gasteiger partial charge is 0.406 e. The number of alkyl carbamates (subject to hydrolysis) is 1. The number of benzene rings is 1. The Kier molecular flexibility index (Phi) is 13.1. The monoisotopic (exact) mass is 554 g/mol. The number of aliphatic hydroxyl groups is 1. The number of aliphatic hydroxyl groups excluding tert-OH is 1. The predicted molar refractivity (Wildman–Crippen MR) is 150 cm³/mol. The van der Waals surface area contributed by atoms with Gasteiger partial charge in [0, 0.05) is 42.7 Å². The van der Waals surface area contributed by atoms with Crippen molar-refractivity contribution < 1.29 is 24.2 Å². The molecule has 1 aliphatic heterocycles. The molecular formula is C28H47ClN4O5. The summed E-state index contributed by atoms with van der Waals surface area (Å²) in [5.41, 5.74) is 0.805. The number of carbonyl (C=O) groups is 2. The van der Waals surface area contributed by atoms with Gasteiger partial charge in [-0.15, -0.1) is 0 Å². The minimum absolute atomic E-state index is 0.0436. The highest BCUT2D eigenvalue weighted by molar-refractivity contribution is 6.30. The van der Waals surface area contributed by atoms with E-state index in [2.05, 4.69) is 34.5 Å². The van der Waals surface area contributed by atoms with Gasteiger partial charge in [-0.1, -0.05) is 37.6 Å². The standard InChI is InChI=1S/C28H47ClN4O5/c1-19(2)15-23(24(34)17-31-28(3,4)5)32-26(35)33-13-8-10-21(18-33)25(20-9-7-11-22(29)16-20)38-14-12-30-27(36)37-6/h7,9,11,16,19,21,23-25,31,34H,8,10,12-15,17-18H2,1-6H3,(H,30,36)(H,32,35)/t21-,23+,24+,25?/m1/s1. The van der Waals surface area contributed by atoms with Crippen molar-refractivity contribution in [2.75, 3.05) is 39.9 Å². The van der Waals surface area contributed by atoms with E-state index in [1.807, 2.05) is 49.9 Å². The highest BCUT2D eigenvalue weighted by Gasteiger charge is 2.33. The minimum Gasteiger partial charge on any atom is -0.453 e. The van der Waals surface area contributed by atoms with Crippen molar-refractivity contribution in [2.24, 2.45) is 11.8 Å². The third kappa shape index (κ3) is 11.4. The zero-order valence-corrected chi connectivity index (χ0v) is 24.5. The summed E-state index contributed by atoms with van der Waals surface area (Å²) >= 11 is 6.28. The molecule has 0 spiro atoms. The van der Waals surface area contributed by atoms with Crippen molar-refractivity contribution in [1.82, 2.24) is 20.9 Å². The number of nitrogens with one attached hydrogen (secondary N) is 3. The van der Waals surface area contributed by atoms with Crippen LogP contribution in [-0.2, 0) is 9.47 Å². The Morgan fingerprint density at radius 2 is 2.00 bits per heavy atom. The molecule has 216 valence electrons. The number of piperidine rings is 1. The molecule has 1 aliphatic rings. The largest absolute Gasteiger partial charge is 0.453 e. The summed E-state index contributed by atoms with van der Waals surface area (Å²) in [6.45, 7) is 12.5. The van der Waals surface area contributed by atoms with Crippen LogP contribution in [0.2, 0.25) is 5.02 Å². The molecule has 1 aromatic carbocycles. The highest BCUT2D eigenvalue weighted by Crippen LogP contribution is 2.34. The maximum Gasteiger partial charge on any atom is 0.406 e. The van der Waals surface area contributed by atoms with Crippen LogP contribution >= 0.6 is 11.6 Å². The zero-order valence-electron chi connectivity index (χ0n) is 23.8. The second kappa shape index (κ2) is 15.5. The van der Waals surface area contributed by atoms with Gasteiger partial charge >= 0.3 is 12.1 Å². The molecule has 0 radical (unpaired) electrons. The molecule has 0 saturated carbocycles. The number of likely N-dealkylation sites (tertiary alicyclic amines) is 1. The molecule has 4 atom stereocenters. The molecule has 38 heavy (non-hydrogen) atoms. The first kappa shape index (κ1) is 32.1. The van der Waals surface area contributed by atoms with Crippen LogP contribution in [0.15, 0.2) is 24.3 Å². The lowest BCUT2D eigenvalue weighted by atomic mass is 9.88. The van der Waals surface area contributed by atoms with Crippen molar-refractivity contribution in [2.45, 2.75) is 77.7 Å². The molecule has 1 heterocycles. The second-order valence-electron chi connectivity index (χ2n) is 11.5. The number of nitrogens with zero attached hydrogens (tertiary/aromatic N) is 1. The number of urea groups is 1. The number of hydrogen-bond acceptors (Lipinski definition) is 6. The Balaban J connectivity index is 2.09. The van der Waals surface area contributed by atoms with Gasteiger partial charge < -0.3 is 35.4 Å². The van der Waals surface area contributed by atoms with Gasteiger partial charge in [0.1, 0.15) is 0 Å². The van der Waals surface area contributed by atoms with Crippen molar-refractivity contribution in [3.05, 3.63) is 34.9 Å². The predicted octanol–water partition coefficient (Wildman–Crippen LogP) is 4.34. The van der Waals surface area contributed by atoms with Gasteiger partial charge in [-0.3, -0.25) is 0 Å². The molecule has 4 N–H and O–H groups in total. The Hall–Kier alpha value is -2.07. The Morgan fingerprint density at radius 1 is 1.26 bits per heavy atom. The van der Waals surface area contributed by atoms with Crippen molar-refractivity contribution >= 4 is 23.7 Å². The average Bonchev–Trinajstić information content (AvgIpc) is 2.86. The summed E-state index contributed by atoms with van der Waals surface area (Å²) in [5, 5.41) is 20.6. The van der Waals surface area contributed by atoms with Crippen molar-refractivity contribution in [3.8, 4) is 0 Å². The van der Waals surface area contributed by atoms with E-state index >= 15 is 0 Å². The first-order chi connectivity index (χ1) is 17.9. The molecule has 1 fully saturated rings. The summed E-state index contributed by atoms with van der Waals surface area (Å²) < 4.78 is 10.9. The molecule has 0 bridgehead atoms. The van der Waals surface area contributed by atoms with Gasteiger partial charge in [-0.05, 0) is 63.6 Å². The zero-order chi connectivity index (χ0) is 28.3. The van der Waals surface area contributed by atoms with Crippen LogP contribution in [0.25, 0.3) is 0 Å². The third-order valence-electron chi connectivity index (χ3n) is 6.54. The van der Waals surface area contributed by atoms with E-state index in [0.29, 0.717) is 50.1 Å². The summed E-state index contributed by atoms with van der Waals surface area (Å²) in [7, 11) is 1.32. The number of ether oxygens (including phenoxy) is 2. The molecule has 1 unspecified atom stereocenters. The number of halogens is 1. The van der Waals surface area contributed by atoms with E-state index in [1.54, 1.807) is 0 Å². The fourth-order valence-electron chi connectivity index (χ4n) is 4.66. The molecule has 9 nitrogen and oxygen atoms in total. The minimum atomic E-state index is -0.703. The second-order valence-corrected chi connectivity index (χ2v) is 11.9. The molecule has 2 rings (SSSR count). The number of amides is 3. The average molecular weight is 555 g/mol. The summed E-state index contributed by atoms with van der Waals surface area (Å²) in [6.07, 6.45) is 0.894. The summed E-state index contributed by atoms with van der Waals surface area (Å²) in [6, 6.07) is 7.03. The Labute approximate surface area is 233 Å². The van der Waals surface area contributed by atoms with Crippen molar-refractivity contribution in [1.29, 1.82) is 0 Å². The first-order valence-corrected chi connectivity index (χ1v) is 13.9. The number of β-amino-alcohol motifs (C(OH)–C–C–N with tert-alkyl or cyclic N) is 1. The van der Waals surface area contributed by atoms with Gasteiger partial charge in [0.15, 0.2) is 0 Å². The van der Waals surface area contributed by atoms with Crippen molar-refractivity contribution in [3.63, 3.8) is 0 Å². The van der Waals surface area contributed by atoms with Crippen LogP contribution < -0.4 is 16.0 Å². The van der Waals surface area contributed by atoms with E-state index in [4.69, 9.17) is 16.3 Å². The van der Waals surface area contributed by atoms with E-state index < -0.39 is 12.2 Å². The van der Waals surface area contributed by atoms with Crippen LogP contribution in [0.1, 0.15) is 65.5 Å². The molecule has 0 aromatic heterocycles. The van der Waals surface area contributed by atoms with E-state index in [0.717, 1.165) is 18.4 Å². The molecule has 1 aromatic rings. The lowest BCUT2D eigenvalue weighted by Crippen LogP contribution is -2.55. The van der Waals surface area contributed by atoms with Crippen LogP contribution in [0.4, 0.5) is 9.59 Å². The maximum absolute atomic E-state index is 13.4. The lowest BCUT2D eigenvalue weighted by Gasteiger charge is -2.38. The van der Waals surface area contributed by atoms with Crippen LogP contribution in [-0.4, -0.2) is 79.7 Å². The number of methoxy groups -OCH3 is 1. The first-order valence-electron chi connectivity index (χ1n) is 13.6. The normalized spacial score (nSPS) is 18.6. The van der Waals surface area contributed by atoms with Gasteiger partial charge in [-0.2, -0.15) is 0 Å². The van der Waals surface area contributed by atoms with Crippen LogP contribution in [0.5, 0.6) is 0 Å². The quantitative estimate of drug-likeness (QED) is 0.286. The SMILES string of the molecule is COC(=O)NCCOC(c1cccc(Cl)c1)[C@@H]1CCCN(C(=O)N[C@@H](CC(C)C)[C@@H](O)CNC(C)(C)C)C1. The maximum atomic E-state index is 13.4. The lowest BCUT2D eigenvalue weighted by molar-refractivity contribution is -0.00903. The van der Waals surface area contributed by atoms with Crippen LogP contribution in [0, 0.1) is 11.8 Å². The number of rotatable bonds is 12. The van der Waals surface area contributed by atoms with E-state index in [1.165, 1.54) is 7.11 Å². The fourth-order valence-corrected chi connectivity index (χ4v) is 4.86. The molecule has 0 aliphatic carbocycles. The molecule has 10 heteroatoms. The van der Waals surface area contributed by atoms with Gasteiger partial charge in [0.25, 0.3) is 0 Å². The Morgan fingerprint density at radius 3 is 2.63 bits per heavy atom. The topological polar surface area (TPSA) is 112 Å². The van der Waals surface area contributed by atoms with Gasteiger partial charge in [-0.25, -0.2) is 9.59 Å². The molecular weight excluding hydrogens is 508 g/mol.